The molecule has 3 rings (SSSR count). The summed E-state index contributed by atoms with van der Waals surface area (Å²) in [6.07, 6.45) is 3.10. The number of hydrogen-bond donors (Lipinski definition) is 1. The molecule has 0 bridgehead atoms. The summed E-state index contributed by atoms with van der Waals surface area (Å²) in [4.78, 5) is 24.1. The molecule has 0 unspecified atom stereocenters. The van der Waals surface area contributed by atoms with Crippen LogP contribution < -0.4 is 10.1 Å². The van der Waals surface area contributed by atoms with E-state index in [4.69, 9.17) is 14.2 Å². The molecular weight excluding hydrogens is 358 g/mol. The fourth-order valence-electron chi connectivity index (χ4n) is 2.93. The average molecular weight is 383 g/mol. The SMILES string of the molecule is CCc1cccc(NC(=O)COC(=O)c2ccc(OC[C@H]3CCCO3)cc2)c1. The number of esters is 1. The molecule has 6 nitrogen and oxygen atoms in total. The highest BCUT2D eigenvalue weighted by atomic mass is 16.5. The van der Waals surface area contributed by atoms with Crippen molar-refractivity contribution >= 4 is 17.6 Å². The number of benzene rings is 2. The highest BCUT2D eigenvalue weighted by Gasteiger charge is 2.16. The van der Waals surface area contributed by atoms with Crippen LogP contribution in [0.15, 0.2) is 48.5 Å². The monoisotopic (exact) mass is 383 g/mol. The van der Waals surface area contributed by atoms with E-state index in [1.54, 1.807) is 30.3 Å². The van der Waals surface area contributed by atoms with Crippen LogP contribution >= 0.6 is 0 Å². The molecule has 2 aromatic rings. The van der Waals surface area contributed by atoms with E-state index in [1.165, 1.54) is 0 Å². The largest absolute Gasteiger partial charge is 0.491 e. The molecule has 6 heteroatoms. The summed E-state index contributed by atoms with van der Waals surface area (Å²) in [5.41, 5.74) is 2.18. The van der Waals surface area contributed by atoms with Gasteiger partial charge in [-0.15, -0.1) is 0 Å². The van der Waals surface area contributed by atoms with Crippen molar-refractivity contribution in [3.63, 3.8) is 0 Å². The average Bonchev–Trinajstić information content (AvgIpc) is 3.24. The van der Waals surface area contributed by atoms with Gasteiger partial charge in [-0.2, -0.15) is 0 Å². The van der Waals surface area contributed by atoms with Crippen LogP contribution in [0.1, 0.15) is 35.7 Å². The molecule has 0 radical (unpaired) electrons. The second-order valence-electron chi connectivity index (χ2n) is 6.65. The second-order valence-corrected chi connectivity index (χ2v) is 6.65. The zero-order valence-electron chi connectivity index (χ0n) is 16.0. The van der Waals surface area contributed by atoms with Crippen LogP contribution in [-0.2, 0) is 20.7 Å². The predicted octanol–water partition coefficient (Wildman–Crippen LogP) is 3.60. The standard InChI is InChI=1S/C22H25NO5/c1-2-16-5-3-6-18(13-16)23-21(24)15-28-22(25)17-8-10-19(11-9-17)27-14-20-7-4-12-26-20/h3,5-6,8-11,13,20H,2,4,7,12,14-15H2,1H3,(H,23,24)/t20-/m1/s1. The summed E-state index contributed by atoms with van der Waals surface area (Å²) in [6, 6.07) is 14.2. The summed E-state index contributed by atoms with van der Waals surface area (Å²) in [7, 11) is 0. The molecule has 1 amide bonds. The first-order chi connectivity index (χ1) is 13.6. The van der Waals surface area contributed by atoms with Gasteiger partial charge in [-0.3, -0.25) is 4.79 Å². The molecule has 1 N–H and O–H groups in total. The van der Waals surface area contributed by atoms with Gasteiger partial charge in [0.05, 0.1) is 11.7 Å². The number of ether oxygens (including phenoxy) is 3. The minimum atomic E-state index is -0.553. The van der Waals surface area contributed by atoms with Crippen LogP contribution in [0.5, 0.6) is 5.75 Å². The first kappa shape index (κ1) is 19.9. The molecule has 148 valence electrons. The number of anilines is 1. The van der Waals surface area contributed by atoms with Crippen molar-refractivity contribution < 1.29 is 23.8 Å². The smallest absolute Gasteiger partial charge is 0.338 e. The minimum absolute atomic E-state index is 0.140. The van der Waals surface area contributed by atoms with Gasteiger partial charge in [0.25, 0.3) is 5.91 Å². The summed E-state index contributed by atoms with van der Waals surface area (Å²) < 4.78 is 16.3. The van der Waals surface area contributed by atoms with Crippen molar-refractivity contribution in [3.05, 3.63) is 59.7 Å². The van der Waals surface area contributed by atoms with Gasteiger partial charge in [-0.25, -0.2) is 4.79 Å². The van der Waals surface area contributed by atoms with E-state index in [-0.39, 0.29) is 18.6 Å². The topological polar surface area (TPSA) is 73.9 Å². The third-order valence-corrected chi connectivity index (χ3v) is 4.50. The van der Waals surface area contributed by atoms with Gasteiger partial charge in [-0.1, -0.05) is 19.1 Å². The van der Waals surface area contributed by atoms with E-state index in [1.807, 2.05) is 25.1 Å². The zero-order chi connectivity index (χ0) is 19.8. The zero-order valence-corrected chi connectivity index (χ0v) is 16.0. The predicted molar refractivity (Wildman–Crippen MR) is 106 cm³/mol. The Morgan fingerprint density at radius 1 is 1.18 bits per heavy atom. The molecule has 1 aliphatic rings. The van der Waals surface area contributed by atoms with Gasteiger partial charge in [0.1, 0.15) is 12.4 Å². The van der Waals surface area contributed by atoms with Gasteiger partial charge in [0.2, 0.25) is 0 Å². The Morgan fingerprint density at radius 2 is 2.00 bits per heavy atom. The van der Waals surface area contributed by atoms with Crippen molar-refractivity contribution in [1.82, 2.24) is 0 Å². The number of aryl methyl sites for hydroxylation is 1. The molecule has 2 aromatic carbocycles. The first-order valence-corrected chi connectivity index (χ1v) is 9.54. The lowest BCUT2D eigenvalue weighted by atomic mass is 10.1. The summed E-state index contributed by atoms with van der Waals surface area (Å²) in [5.74, 6) is -0.262. The van der Waals surface area contributed by atoms with Crippen molar-refractivity contribution in [2.45, 2.75) is 32.3 Å². The Hall–Kier alpha value is -2.86. The van der Waals surface area contributed by atoms with E-state index in [0.717, 1.165) is 31.4 Å². The van der Waals surface area contributed by atoms with Gasteiger partial charge in [-0.05, 0) is 61.2 Å². The Morgan fingerprint density at radius 3 is 2.71 bits per heavy atom. The Kier molecular flexibility index (Phi) is 7.03. The quantitative estimate of drug-likeness (QED) is 0.705. The number of hydrogen-bond acceptors (Lipinski definition) is 5. The Labute approximate surface area is 164 Å². The highest BCUT2D eigenvalue weighted by Crippen LogP contribution is 2.17. The highest BCUT2D eigenvalue weighted by molar-refractivity contribution is 5.95. The van der Waals surface area contributed by atoms with Gasteiger partial charge in [0.15, 0.2) is 6.61 Å². The lowest BCUT2D eigenvalue weighted by molar-refractivity contribution is -0.119. The fraction of sp³-hybridized carbons (Fsp3) is 0.364. The van der Waals surface area contributed by atoms with E-state index in [2.05, 4.69) is 5.32 Å². The third kappa shape index (κ3) is 5.82. The van der Waals surface area contributed by atoms with Crippen molar-refractivity contribution in [3.8, 4) is 5.75 Å². The summed E-state index contributed by atoms with van der Waals surface area (Å²) >= 11 is 0. The van der Waals surface area contributed by atoms with Crippen LogP contribution in [0, 0.1) is 0 Å². The van der Waals surface area contributed by atoms with Crippen LogP contribution in [0.25, 0.3) is 0 Å². The van der Waals surface area contributed by atoms with Gasteiger partial charge in [0, 0.05) is 12.3 Å². The van der Waals surface area contributed by atoms with Crippen LogP contribution in [-0.4, -0.2) is 37.8 Å². The molecule has 0 saturated carbocycles. The maximum atomic E-state index is 12.1. The molecule has 1 heterocycles. The molecule has 1 fully saturated rings. The van der Waals surface area contributed by atoms with E-state index in [9.17, 15) is 9.59 Å². The van der Waals surface area contributed by atoms with Gasteiger partial charge < -0.3 is 19.5 Å². The lowest BCUT2D eigenvalue weighted by Crippen LogP contribution is -2.21. The summed E-state index contributed by atoms with van der Waals surface area (Å²) in [6.45, 7) is 2.99. The van der Waals surface area contributed by atoms with E-state index >= 15 is 0 Å². The molecule has 28 heavy (non-hydrogen) atoms. The molecule has 0 spiro atoms. The fourth-order valence-corrected chi connectivity index (χ4v) is 2.93. The second kappa shape index (κ2) is 9.90. The number of amides is 1. The van der Waals surface area contributed by atoms with Crippen LogP contribution in [0.3, 0.4) is 0 Å². The van der Waals surface area contributed by atoms with Crippen molar-refractivity contribution in [1.29, 1.82) is 0 Å². The number of nitrogens with one attached hydrogen (secondary N) is 1. The number of carbonyl (C=O) groups excluding carboxylic acids is 2. The molecular formula is C22H25NO5. The Bertz CT molecular complexity index is 797. The van der Waals surface area contributed by atoms with Crippen LogP contribution in [0.4, 0.5) is 5.69 Å². The number of rotatable bonds is 8. The lowest BCUT2D eigenvalue weighted by Gasteiger charge is -2.11. The number of carbonyl (C=O) groups is 2. The molecule has 1 saturated heterocycles. The maximum absolute atomic E-state index is 12.1. The van der Waals surface area contributed by atoms with E-state index < -0.39 is 5.97 Å². The van der Waals surface area contributed by atoms with E-state index in [0.29, 0.717) is 23.6 Å². The van der Waals surface area contributed by atoms with Crippen LogP contribution in [0.2, 0.25) is 0 Å². The van der Waals surface area contributed by atoms with Gasteiger partial charge >= 0.3 is 5.97 Å². The summed E-state index contributed by atoms with van der Waals surface area (Å²) in [5, 5.41) is 2.73. The minimum Gasteiger partial charge on any atom is -0.491 e. The molecule has 1 aliphatic heterocycles. The molecule has 1 atom stereocenters. The third-order valence-electron chi connectivity index (χ3n) is 4.50. The Balaban J connectivity index is 1.44. The molecule has 0 aromatic heterocycles. The maximum Gasteiger partial charge on any atom is 0.338 e. The normalized spacial score (nSPS) is 15.8. The molecule has 0 aliphatic carbocycles. The van der Waals surface area contributed by atoms with Crippen molar-refractivity contribution in [2.75, 3.05) is 25.1 Å². The van der Waals surface area contributed by atoms with Crippen molar-refractivity contribution in [2.24, 2.45) is 0 Å². The first-order valence-electron chi connectivity index (χ1n) is 9.54.